The molecule has 0 amide bonds. The molecule has 1 aliphatic rings. The molecule has 1 heterocycles. The summed E-state index contributed by atoms with van der Waals surface area (Å²) in [7, 11) is -1.62. The zero-order valence-corrected chi connectivity index (χ0v) is 9.99. The number of rotatable bonds is 3. The van der Waals surface area contributed by atoms with Gasteiger partial charge in [-0.15, -0.1) is 0 Å². The molecule has 0 radical (unpaired) electrons. The van der Waals surface area contributed by atoms with E-state index in [1.54, 1.807) is 0 Å². The van der Waals surface area contributed by atoms with Crippen LogP contribution in [0, 0.1) is 0 Å². The van der Waals surface area contributed by atoms with Gasteiger partial charge in [0, 0.05) is 13.1 Å². The molecule has 0 saturated carbocycles. The topological polar surface area (TPSA) is 52.9 Å². The van der Waals surface area contributed by atoms with Gasteiger partial charge in [-0.25, -0.2) is 0 Å². The van der Waals surface area contributed by atoms with Crippen LogP contribution in [-0.4, -0.2) is 42.1 Å². The van der Waals surface area contributed by atoms with E-state index in [0.29, 0.717) is 6.73 Å². The molecule has 11 heavy (non-hydrogen) atoms. The van der Waals surface area contributed by atoms with Crippen molar-refractivity contribution in [3.8, 4) is 0 Å². The van der Waals surface area contributed by atoms with E-state index in [2.05, 4.69) is 4.65 Å². The van der Waals surface area contributed by atoms with E-state index >= 15 is 0 Å². The van der Waals surface area contributed by atoms with Crippen molar-refractivity contribution in [2.45, 2.75) is 12.8 Å². The van der Waals surface area contributed by atoms with Crippen LogP contribution in [0.1, 0.15) is 14.3 Å². The second-order valence-electron chi connectivity index (χ2n) is 2.45. The average Bonchev–Trinajstić information content (AvgIpc) is 2.34. The molecule has 1 fully saturated rings. The van der Waals surface area contributed by atoms with Gasteiger partial charge < -0.3 is 16.1 Å². The Labute approximate surface area is 111 Å². The Bertz CT molecular complexity index is 105. The fourth-order valence-electron chi connectivity index (χ4n) is 1.08. The molecule has 0 aromatic carbocycles. The van der Waals surface area contributed by atoms with Gasteiger partial charge in [0.25, 0.3) is 0 Å². The Morgan fingerprint density at radius 2 is 1.91 bits per heavy atom. The second kappa shape index (κ2) is 6.99. The van der Waals surface area contributed by atoms with Gasteiger partial charge in [-0.2, -0.15) is 0 Å². The van der Waals surface area contributed by atoms with Crippen molar-refractivity contribution < 1.29 is 67.5 Å². The van der Waals surface area contributed by atoms with Crippen LogP contribution >= 0.6 is 0 Å². The Morgan fingerprint density at radius 1 is 1.36 bits per heavy atom. The molecule has 0 aromatic heterocycles. The summed E-state index contributed by atoms with van der Waals surface area (Å²) in [6, 6.07) is 0. The first-order chi connectivity index (χ1) is 4.79. The molecule has 0 bridgehead atoms. The Kier molecular flexibility index (Phi) is 7.97. The third kappa shape index (κ3) is 5.73. The molecule has 0 atom stereocenters. The van der Waals surface area contributed by atoms with E-state index < -0.39 is 7.32 Å². The van der Waals surface area contributed by atoms with E-state index in [9.17, 15) is 0 Å². The molecule has 1 saturated heterocycles. The predicted octanol–water partition coefficient (Wildman–Crippen LogP) is -3.86. The first-order valence-electron chi connectivity index (χ1n) is 3.49. The molecule has 0 aromatic rings. The average molecular weight is 185 g/mol. The summed E-state index contributed by atoms with van der Waals surface area (Å²) in [5, 5.41) is 16.6. The monoisotopic (exact) mass is 185 g/mol. The maximum absolute atomic E-state index is 8.32. The molecule has 6 heteroatoms. The molecular formula is C5H13BKNO3. The van der Waals surface area contributed by atoms with Gasteiger partial charge in [0.2, 0.25) is 0 Å². The number of hydrogen-bond acceptors (Lipinski definition) is 4. The van der Waals surface area contributed by atoms with Crippen LogP contribution in [-0.2, 0) is 4.65 Å². The Balaban J connectivity index is 0. The quantitative estimate of drug-likeness (QED) is 0.442. The summed E-state index contributed by atoms with van der Waals surface area (Å²) >= 11 is 0. The van der Waals surface area contributed by atoms with Crippen molar-refractivity contribution in [3.63, 3.8) is 0 Å². The standard InChI is InChI=1S/C5H12BNO3.K.H/c8-6(9)10-5-7-3-1-2-4-7;;/h8-9H,1-5H2;;/q;+1;-1. The van der Waals surface area contributed by atoms with Crippen molar-refractivity contribution in [1.82, 2.24) is 4.90 Å². The minimum absolute atomic E-state index is 0. The van der Waals surface area contributed by atoms with Crippen LogP contribution in [0.15, 0.2) is 0 Å². The second-order valence-corrected chi connectivity index (χ2v) is 2.45. The van der Waals surface area contributed by atoms with Crippen LogP contribution in [0.5, 0.6) is 0 Å². The van der Waals surface area contributed by atoms with Crippen molar-refractivity contribution >= 4 is 7.32 Å². The minimum Gasteiger partial charge on any atom is -1.00 e. The fraction of sp³-hybridized carbons (Fsp3) is 1.00. The molecule has 60 valence electrons. The SMILES string of the molecule is OB(O)OCN1CCCC1.[H-].[K+]. The van der Waals surface area contributed by atoms with E-state index in [1.165, 1.54) is 12.8 Å². The summed E-state index contributed by atoms with van der Waals surface area (Å²) < 4.78 is 4.56. The van der Waals surface area contributed by atoms with Crippen LogP contribution in [0.2, 0.25) is 0 Å². The molecule has 0 unspecified atom stereocenters. The minimum atomic E-state index is -1.62. The summed E-state index contributed by atoms with van der Waals surface area (Å²) in [6.07, 6.45) is 2.37. The van der Waals surface area contributed by atoms with Crippen LogP contribution < -0.4 is 51.4 Å². The van der Waals surface area contributed by atoms with Crippen LogP contribution in [0.25, 0.3) is 0 Å². The van der Waals surface area contributed by atoms with Crippen molar-refractivity contribution in [3.05, 3.63) is 0 Å². The summed E-state index contributed by atoms with van der Waals surface area (Å²) in [4.78, 5) is 2.04. The van der Waals surface area contributed by atoms with Crippen molar-refractivity contribution in [1.29, 1.82) is 0 Å². The number of hydrogen-bond donors (Lipinski definition) is 2. The first-order valence-corrected chi connectivity index (χ1v) is 3.49. The van der Waals surface area contributed by atoms with E-state index in [-0.39, 0.29) is 52.8 Å². The van der Waals surface area contributed by atoms with Crippen LogP contribution in [0.3, 0.4) is 0 Å². The molecule has 1 aliphatic heterocycles. The van der Waals surface area contributed by atoms with E-state index in [1.807, 2.05) is 4.90 Å². The van der Waals surface area contributed by atoms with Crippen molar-refractivity contribution in [2.75, 3.05) is 19.8 Å². The maximum atomic E-state index is 8.32. The summed E-state index contributed by atoms with van der Waals surface area (Å²) in [5.41, 5.74) is 0. The summed E-state index contributed by atoms with van der Waals surface area (Å²) in [5.74, 6) is 0. The first kappa shape index (κ1) is 12.5. The fourth-order valence-corrected chi connectivity index (χ4v) is 1.08. The third-order valence-electron chi connectivity index (χ3n) is 1.60. The van der Waals surface area contributed by atoms with Gasteiger partial charge in [-0.1, -0.05) is 0 Å². The van der Waals surface area contributed by atoms with Gasteiger partial charge in [-0.3, -0.25) is 4.90 Å². The van der Waals surface area contributed by atoms with E-state index in [4.69, 9.17) is 10.0 Å². The maximum Gasteiger partial charge on any atom is 1.00 e. The zero-order chi connectivity index (χ0) is 7.40. The van der Waals surface area contributed by atoms with Crippen molar-refractivity contribution in [2.24, 2.45) is 0 Å². The van der Waals surface area contributed by atoms with E-state index in [0.717, 1.165) is 13.1 Å². The van der Waals surface area contributed by atoms with Gasteiger partial charge in [0.15, 0.2) is 0 Å². The van der Waals surface area contributed by atoms with Crippen LogP contribution in [0.4, 0.5) is 0 Å². The largest absolute Gasteiger partial charge is 1.00 e. The predicted molar refractivity (Wildman–Crippen MR) is 38.1 cm³/mol. The molecular weight excluding hydrogens is 172 g/mol. The smallest absolute Gasteiger partial charge is 1.00 e. The molecule has 2 N–H and O–H groups in total. The molecule has 0 spiro atoms. The molecule has 1 rings (SSSR count). The number of likely N-dealkylation sites (tertiary alicyclic amines) is 1. The van der Waals surface area contributed by atoms with Gasteiger partial charge in [0.1, 0.15) is 0 Å². The molecule has 4 nitrogen and oxygen atoms in total. The Hall–Kier alpha value is 1.54. The Morgan fingerprint density at radius 3 is 2.36 bits per heavy atom. The number of nitrogens with zero attached hydrogens (tertiary/aromatic N) is 1. The van der Waals surface area contributed by atoms with Gasteiger partial charge in [0.05, 0.1) is 6.73 Å². The zero-order valence-electron chi connectivity index (χ0n) is 7.86. The van der Waals surface area contributed by atoms with Gasteiger partial charge in [-0.05, 0) is 12.8 Å². The van der Waals surface area contributed by atoms with Gasteiger partial charge >= 0.3 is 58.7 Å². The molecule has 0 aliphatic carbocycles. The summed E-state index contributed by atoms with van der Waals surface area (Å²) in [6.45, 7) is 2.34. The third-order valence-corrected chi connectivity index (χ3v) is 1.60. The normalized spacial score (nSPS) is 18.0.